The maximum absolute atomic E-state index is 12.0. The van der Waals surface area contributed by atoms with Crippen molar-refractivity contribution in [3.8, 4) is 5.75 Å². The fraction of sp³-hybridized carbons (Fsp3) is 0.588. The first-order valence-electron chi connectivity index (χ1n) is 7.82. The van der Waals surface area contributed by atoms with Gasteiger partial charge in [-0.3, -0.25) is 0 Å². The van der Waals surface area contributed by atoms with Crippen molar-refractivity contribution in [3.63, 3.8) is 0 Å². The predicted octanol–water partition coefficient (Wildman–Crippen LogP) is 2.67. The topological polar surface area (TPSA) is 59.6 Å². The molecule has 122 valence electrons. The van der Waals surface area contributed by atoms with E-state index in [1.807, 2.05) is 45.9 Å². The van der Waals surface area contributed by atoms with Crippen LogP contribution in [0.4, 0.5) is 4.79 Å². The molecule has 1 aromatic carbocycles. The van der Waals surface area contributed by atoms with E-state index in [9.17, 15) is 4.79 Å². The van der Waals surface area contributed by atoms with Gasteiger partial charge in [-0.05, 0) is 45.4 Å². The maximum Gasteiger partial charge on any atom is 0.407 e. The summed E-state index contributed by atoms with van der Waals surface area (Å²) in [6, 6.07) is 8.08. The lowest BCUT2D eigenvalue weighted by Crippen LogP contribution is -2.42. The van der Waals surface area contributed by atoms with Gasteiger partial charge >= 0.3 is 6.09 Å². The Kier molecular flexibility index (Phi) is 5.29. The fourth-order valence-corrected chi connectivity index (χ4v) is 2.64. The highest BCUT2D eigenvalue weighted by Gasteiger charge is 2.31. The van der Waals surface area contributed by atoms with E-state index < -0.39 is 5.60 Å². The summed E-state index contributed by atoms with van der Waals surface area (Å²) in [5, 5.41) is 6.30. The summed E-state index contributed by atoms with van der Waals surface area (Å²) < 4.78 is 10.9. The number of hydrogen-bond acceptors (Lipinski definition) is 4. The first-order chi connectivity index (χ1) is 10.4. The van der Waals surface area contributed by atoms with Gasteiger partial charge in [0.25, 0.3) is 0 Å². The van der Waals surface area contributed by atoms with Crippen LogP contribution in [0.15, 0.2) is 24.3 Å². The van der Waals surface area contributed by atoms with Gasteiger partial charge in [-0.15, -0.1) is 0 Å². The van der Waals surface area contributed by atoms with E-state index in [0.29, 0.717) is 6.61 Å². The quantitative estimate of drug-likeness (QED) is 0.898. The van der Waals surface area contributed by atoms with Gasteiger partial charge < -0.3 is 20.1 Å². The molecule has 2 N–H and O–H groups in total. The van der Waals surface area contributed by atoms with Crippen LogP contribution in [0, 0.1) is 0 Å². The molecule has 0 spiro atoms. The number of benzene rings is 1. The molecule has 0 saturated carbocycles. The number of carbonyl (C=O) groups excluding carboxylic acids is 1. The van der Waals surface area contributed by atoms with Crippen molar-refractivity contribution in [1.82, 2.24) is 10.6 Å². The van der Waals surface area contributed by atoms with Crippen molar-refractivity contribution in [3.05, 3.63) is 29.8 Å². The second-order valence-electron chi connectivity index (χ2n) is 6.52. The number of amides is 1. The summed E-state index contributed by atoms with van der Waals surface area (Å²) >= 11 is 0. The lowest BCUT2D eigenvalue weighted by molar-refractivity contribution is 0.0504. The average molecular weight is 306 g/mol. The third-order valence-corrected chi connectivity index (χ3v) is 3.51. The summed E-state index contributed by atoms with van der Waals surface area (Å²) in [6.45, 7) is 9.77. The molecule has 0 aromatic heterocycles. The third kappa shape index (κ3) is 4.63. The van der Waals surface area contributed by atoms with Crippen LogP contribution >= 0.6 is 0 Å². The highest BCUT2D eigenvalue weighted by molar-refractivity contribution is 5.68. The van der Waals surface area contributed by atoms with Crippen molar-refractivity contribution in [2.24, 2.45) is 0 Å². The van der Waals surface area contributed by atoms with Crippen LogP contribution < -0.4 is 15.4 Å². The van der Waals surface area contributed by atoms with Gasteiger partial charge in [-0.1, -0.05) is 12.1 Å². The van der Waals surface area contributed by atoms with Gasteiger partial charge in [0, 0.05) is 19.0 Å². The van der Waals surface area contributed by atoms with E-state index in [-0.39, 0.29) is 18.1 Å². The number of ether oxygens (including phenoxy) is 2. The van der Waals surface area contributed by atoms with Gasteiger partial charge in [0.1, 0.15) is 11.4 Å². The van der Waals surface area contributed by atoms with Crippen LogP contribution in [0.1, 0.15) is 39.2 Å². The third-order valence-electron chi connectivity index (χ3n) is 3.51. The van der Waals surface area contributed by atoms with Gasteiger partial charge in [0.2, 0.25) is 0 Å². The average Bonchev–Trinajstić information content (AvgIpc) is 2.85. The van der Waals surface area contributed by atoms with E-state index in [4.69, 9.17) is 9.47 Å². The van der Waals surface area contributed by atoms with E-state index >= 15 is 0 Å². The number of nitrogens with one attached hydrogen (secondary N) is 2. The van der Waals surface area contributed by atoms with Crippen LogP contribution in [0.2, 0.25) is 0 Å². The molecule has 0 bridgehead atoms. The largest absolute Gasteiger partial charge is 0.494 e. The highest BCUT2D eigenvalue weighted by atomic mass is 16.6. The molecule has 5 nitrogen and oxygen atoms in total. The van der Waals surface area contributed by atoms with E-state index in [2.05, 4.69) is 16.7 Å². The molecule has 2 rings (SSSR count). The molecular weight excluding hydrogens is 280 g/mol. The molecule has 1 aliphatic heterocycles. The lowest BCUT2D eigenvalue weighted by atomic mass is 9.94. The second kappa shape index (κ2) is 7.01. The minimum atomic E-state index is -0.486. The zero-order chi connectivity index (χ0) is 16.2. The van der Waals surface area contributed by atoms with E-state index in [1.54, 1.807) is 0 Å². The maximum atomic E-state index is 12.0. The molecule has 2 atom stereocenters. The number of rotatable bonds is 4. The van der Waals surface area contributed by atoms with Crippen LogP contribution in [0.3, 0.4) is 0 Å². The molecule has 1 amide bonds. The van der Waals surface area contributed by atoms with Crippen LogP contribution in [-0.4, -0.2) is 37.4 Å². The van der Waals surface area contributed by atoms with Gasteiger partial charge in [0.05, 0.1) is 12.6 Å². The fourth-order valence-electron chi connectivity index (χ4n) is 2.64. The van der Waals surface area contributed by atoms with Crippen LogP contribution in [0.25, 0.3) is 0 Å². The molecule has 22 heavy (non-hydrogen) atoms. The molecule has 1 aliphatic rings. The summed E-state index contributed by atoms with van der Waals surface area (Å²) in [6.07, 6.45) is -0.368. The minimum absolute atomic E-state index is 0.0201. The van der Waals surface area contributed by atoms with Gasteiger partial charge in [-0.2, -0.15) is 0 Å². The molecule has 1 aromatic rings. The summed E-state index contributed by atoms with van der Waals surface area (Å²) in [5.41, 5.74) is 0.678. The van der Waals surface area contributed by atoms with Crippen molar-refractivity contribution >= 4 is 6.09 Å². The predicted molar refractivity (Wildman–Crippen MR) is 86.4 cm³/mol. The molecule has 5 heteroatoms. The Hall–Kier alpha value is -1.75. The first-order valence-corrected chi connectivity index (χ1v) is 7.82. The Morgan fingerprint density at radius 1 is 1.36 bits per heavy atom. The smallest absolute Gasteiger partial charge is 0.407 e. The second-order valence-corrected chi connectivity index (χ2v) is 6.52. The van der Waals surface area contributed by atoms with Gasteiger partial charge in [-0.25, -0.2) is 4.79 Å². The van der Waals surface area contributed by atoms with Crippen molar-refractivity contribution < 1.29 is 14.3 Å². The molecule has 0 aliphatic carbocycles. The Morgan fingerprint density at radius 2 is 2.14 bits per heavy atom. The molecule has 0 radical (unpaired) electrons. The zero-order valence-electron chi connectivity index (χ0n) is 13.8. The van der Waals surface area contributed by atoms with Crippen molar-refractivity contribution in [2.45, 2.75) is 45.3 Å². The first kappa shape index (κ1) is 16.6. The van der Waals surface area contributed by atoms with Crippen LogP contribution in [-0.2, 0) is 4.74 Å². The van der Waals surface area contributed by atoms with E-state index in [1.165, 1.54) is 0 Å². The normalized spacial score (nSPS) is 21.5. The summed E-state index contributed by atoms with van der Waals surface area (Å²) in [5.74, 6) is 1.08. The summed E-state index contributed by atoms with van der Waals surface area (Å²) in [7, 11) is 0. The Morgan fingerprint density at radius 3 is 2.82 bits per heavy atom. The van der Waals surface area contributed by atoms with Crippen LogP contribution in [0.5, 0.6) is 5.75 Å². The summed E-state index contributed by atoms with van der Waals surface area (Å²) in [4.78, 5) is 12.0. The molecule has 2 unspecified atom stereocenters. The highest BCUT2D eigenvalue weighted by Crippen LogP contribution is 2.26. The van der Waals surface area contributed by atoms with Gasteiger partial charge in [0.15, 0.2) is 0 Å². The lowest BCUT2D eigenvalue weighted by Gasteiger charge is -2.24. The van der Waals surface area contributed by atoms with Crippen molar-refractivity contribution in [1.29, 1.82) is 0 Å². The molecule has 1 heterocycles. The Labute approximate surface area is 132 Å². The minimum Gasteiger partial charge on any atom is -0.494 e. The molecule has 1 saturated heterocycles. The SMILES string of the molecule is CCOc1cccc(C2CNCC2NC(=O)OC(C)(C)C)c1. The van der Waals surface area contributed by atoms with Crippen molar-refractivity contribution in [2.75, 3.05) is 19.7 Å². The zero-order valence-corrected chi connectivity index (χ0v) is 13.8. The molecular formula is C17H26N2O3. The monoisotopic (exact) mass is 306 g/mol. The van der Waals surface area contributed by atoms with E-state index in [0.717, 1.165) is 24.4 Å². The number of hydrogen-bond donors (Lipinski definition) is 2. The number of carbonyl (C=O) groups is 1. The molecule has 1 fully saturated rings. The standard InChI is InChI=1S/C17H26N2O3/c1-5-21-13-8-6-7-12(9-13)14-10-18-11-15(14)19-16(20)22-17(2,3)4/h6-9,14-15,18H,5,10-11H2,1-4H3,(H,19,20). The number of alkyl carbamates (subject to hydrolysis) is 1. The Balaban J connectivity index is 2.04. The Bertz CT molecular complexity index is 511.